The number of halogens is 1. The summed E-state index contributed by atoms with van der Waals surface area (Å²) in [6.07, 6.45) is 3.84. The van der Waals surface area contributed by atoms with Crippen molar-refractivity contribution in [1.29, 1.82) is 0 Å². The zero-order valence-corrected chi connectivity index (χ0v) is 18.9. The lowest BCUT2D eigenvalue weighted by Gasteiger charge is -2.15. The van der Waals surface area contributed by atoms with Gasteiger partial charge in [-0.2, -0.15) is 0 Å². The van der Waals surface area contributed by atoms with Crippen molar-refractivity contribution in [2.24, 2.45) is 4.99 Å². The molecule has 1 amide bonds. The Kier molecular flexibility index (Phi) is 11.0. The molecule has 1 aromatic rings. The lowest BCUT2D eigenvalue weighted by molar-refractivity contribution is -0.120. The third-order valence-corrected chi connectivity index (χ3v) is 5.45. The first-order valence-corrected chi connectivity index (χ1v) is 10.0. The van der Waals surface area contributed by atoms with Crippen molar-refractivity contribution in [3.05, 3.63) is 30.3 Å². The predicted octanol–water partition coefficient (Wildman–Crippen LogP) is 3.40. The Morgan fingerprint density at radius 2 is 1.85 bits per heavy atom. The highest BCUT2D eigenvalue weighted by Crippen LogP contribution is 2.51. The summed E-state index contributed by atoms with van der Waals surface area (Å²) in [6.45, 7) is 7.05. The lowest BCUT2D eigenvalue weighted by Crippen LogP contribution is -2.40. The molecular formula is C19H31IN4OS. The Hall–Kier alpha value is -0.960. The number of carbonyl (C=O) groups is 1. The number of guanidine groups is 1. The van der Waals surface area contributed by atoms with Gasteiger partial charge < -0.3 is 16.0 Å². The molecule has 0 spiro atoms. The van der Waals surface area contributed by atoms with E-state index in [0.717, 1.165) is 32.0 Å². The molecule has 1 fully saturated rings. The van der Waals surface area contributed by atoms with Crippen LogP contribution in [0.25, 0.3) is 0 Å². The van der Waals surface area contributed by atoms with E-state index in [-0.39, 0.29) is 34.6 Å². The van der Waals surface area contributed by atoms with Gasteiger partial charge in [0.25, 0.3) is 0 Å². The second kappa shape index (κ2) is 12.4. The molecule has 0 bridgehead atoms. The second-order valence-electron chi connectivity index (χ2n) is 6.32. The van der Waals surface area contributed by atoms with Crippen molar-refractivity contribution in [3.63, 3.8) is 0 Å². The number of nitrogens with zero attached hydrogens (tertiary/aromatic N) is 1. The first kappa shape index (κ1) is 23.1. The molecule has 2 rings (SSSR count). The molecule has 1 aliphatic carbocycles. The SMILES string of the molecule is CCCNC(=O)CCNC(=NCC1(Sc2ccccc2)CC1)NCC.I. The number of amides is 1. The van der Waals surface area contributed by atoms with Gasteiger partial charge in [0, 0.05) is 35.7 Å². The number of aliphatic imine (C=N–C) groups is 1. The molecule has 1 aliphatic rings. The van der Waals surface area contributed by atoms with E-state index >= 15 is 0 Å². The molecule has 0 unspecified atom stereocenters. The van der Waals surface area contributed by atoms with Crippen LogP contribution in [0.1, 0.15) is 39.5 Å². The summed E-state index contributed by atoms with van der Waals surface area (Å²) in [4.78, 5) is 17.7. The lowest BCUT2D eigenvalue weighted by atomic mass is 10.3. The van der Waals surface area contributed by atoms with Crippen LogP contribution in [0.5, 0.6) is 0 Å². The standard InChI is InChI=1S/C19H30N4OS.HI/c1-3-13-21-17(24)10-14-22-18(20-4-2)23-15-19(11-12-19)25-16-8-6-5-7-9-16;/h5-9H,3-4,10-15H2,1-2H3,(H,21,24)(H2,20,22,23);1H. The normalized spacial score (nSPS) is 14.9. The van der Waals surface area contributed by atoms with Crippen LogP contribution in [0.4, 0.5) is 0 Å². The highest BCUT2D eigenvalue weighted by molar-refractivity contribution is 14.0. The van der Waals surface area contributed by atoms with Crippen LogP contribution < -0.4 is 16.0 Å². The van der Waals surface area contributed by atoms with Gasteiger partial charge in [0.15, 0.2) is 5.96 Å². The Bertz CT molecular complexity index is 564. The number of hydrogen-bond acceptors (Lipinski definition) is 3. The number of hydrogen-bond donors (Lipinski definition) is 3. The molecule has 0 heterocycles. The molecule has 0 atom stereocenters. The van der Waals surface area contributed by atoms with E-state index in [2.05, 4.69) is 54.1 Å². The minimum absolute atomic E-state index is 0. The number of carbonyl (C=O) groups excluding carboxylic acids is 1. The van der Waals surface area contributed by atoms with Crippen molar-refractivity contribution in [2.45, 2.75) is 49.2 Å². The van der Waals surface area contributed by atoms with Gasteiger partial charge in [-0.1, -0.05) is 25.1 Å². The summed E-state index contributed by atoms with van der Waals surface area (Å²) in [5.74, 6) is 0.884. The first-order chi connectivity index (χ1) is 12.2. The molecule has 7 heteroatoms. The van der Waals surface area contributed by atoms with Crippen LogP contribution in [0.2, 0.25) is 0 Å². The van der Waals surface area contributed by atoms with E-state index in [1.165, 1.54) is 17.7 Å². The van der Waals surface area contributed by atoms with Crippen LogP contribution in [-0.4, -0.2) is 42.8 Å². The van der Waals surface area contributed by atoms with Gasteiger partial charge in [0.05, 0.1) is 6.54 Å². The average Bonchev–Trinajstić information content (AvgIpc) is 3.38. The maximum absolute atomic E-state index is 11.7. The predicted molar refractivity (Wildman–Crippen MR) is 122 cm³/mol. The van der Waals surface area contributed by atoms with Gasteiger partial charge in [-0.15, -0.1) is 35.7 Å². The van der Waals surface area contributed by atoms with Gasteiger partial charge in [-0.3, -0.25) is 9.79 Å². The van der Waals surface area contributed by atoms with Crippen LogP contribution in [-0.2, 0) is 4.79 Å². The van der Waals surface area contributed by atoms with E-state index in [0.29, 0.717) is 13.0 Å². The van der Waals surface area contributed by atoms with Gasteiger partial charge >= 0.3 is 0 Å². The molecule has 0 saturated heterocycles. The monoisotopic (exact) mass is 490 g/mol. The van der Waals surface area contributed by atoms with Crippen molar-refractivity contribution in [1.82, 2.24) is 16.0 Å². The van der Waals surface area contributed by atoms with Crippen LogP contribution >= 0.6 is 35.7 Å². The Balaban J connectivity index is 0.00000338. The molecule has 0 radical (unpaired) electrons. The van der Waals surface area contributed by atoms with Gasteiger partial charge in [-0.25, -0.2) is 0 Å². The number of benzene rings is 1. The third kappa shape index (κ3) is 8.62. The van der Waals surface area contributed by atoms with Crippen LogP contribution in [0.15, 0.2) is 40.2 Å². The van der Waals surface area contributed by atoms with Crippen molar-refractivity contribution >= 4 is 47.6 Å². The van der Waals surface area contributed by atoms with Gasteiger partial charge in [0.1, 0.15) is 0 Å². The number of nitrogens with one attached hydrogen (secondary N) is 3. The van der Waals surface area contributed by atoms with Gasteiger partial charge in [-0.05, 0) is 38.3 Å². The molecule has 0 aliphatic heterocycles. The molecule has 26 heavy (non-hydrogen) atoms. The smallest absolute Gasteiger partial charge is 0.221 e. The molecule has 3 N–H and O–H groups in total. The van der Waals surface area contributed by atoms with E-state index in [9.17, 15) is 4.79 Å². The number of thioether (sulfide) groups is 1. The summed E-state index contributed by atoms with van der Waals surface area (Å²) >= 11 is 1.93. The largest absolute Gasteiger partial charge is 0.357 e. The minimum Gasteiger partial charge on any atom is -0.357 e. The Labute approximate surface area is 178 Å². The summed E-state index contributed by atoms with van der Waals surface area (Å²) in [6, 6.07) is 10.5. The fourth-order valence-electron chi connectivity index (χ4n) is 2.38. The van der Waals surface area contributed by atoms with Crippen LogP contribution in [0.3, 0.4) is 0 Å². The Morgan fingerprint density at radius 1 is 1.12 bits per heavy atom. The van der Waals surface area contributed by atoms with Crippen molar-refractivity contribution in [2.75, 3.05) is 26.2 Å². The molecule has 0 aromatic heterocycles. The highest BCUT2D eigenvalue weighted by Gasteiger charge is 2.43. The maximum atomic E-state index is 11.7. The summed E-state index contributed by atoms with van der Waals surface area (Å²) in [5, 5.41) is 9.41. The molecule has 1 aromatic carbocycles. The van der Waals surface area contributed by atoms with Crippen molar-refractivity contribution in [3.8, 4) is 0 Å². The number of rotatable bonds is 10. The highest BCUT2D eigenvalue weighted by atomic mass is 127. The fraction of sp³-hybridized carbons (Fsp3) is 0.579. The topological polar surface area (TPSA) is 65.5 Å². The van der Waals surface area contributed by atoms with E-state index < -0.39 is 0 Å². The first-order valence-electron chi connectivity index (χ1n) is 9.20. The molecule has 1 saturated carbocycles. The minimum atomic E-state index is 0. The van der Waals surface area contributed by atoms with E-state index in [4.69, 9.17) is 4.99 Å². The van der Waals surface area contributed by atoms with Gasteiger partial charge in [0.2, 0.25) is 5.91 Å². The Morgan fingerprint density at radius 3 is 2.46 bits per heavy atom. The summed E-state index contributed by atoms with van der Waals surface area (Å²) in [7, 11) is 0. The van der Waals surface area contributed by atoms with E-state index in [1.54, 1.807) is 0 Å². The quantitative estimate of drug-likeness (QED) is 0.267. The van der Waals surface area contributed by atoms with E-state index in [1.807, 2.05) is 17.8 Å². The maximum Gasteiger partial charge on any atom is 0.221 e. The van der Waals surface area contributed by atoms with Crippen molar-refractivity contribution < 1.29 is 4.79 Å². The fourth-order valence-corrected chi connectivity index (χ4v) is 3.61. The van der Waals surface area contributed by atoms with Crippen LogP contribution in [0, 0.1) is 0 Å². The third-order valence-electron chi connectivity index (χ3n) is 3.97. The summed E-state index contributed by atoms with van der Waals surface area (Å²) in [5.41, 5.74) is 0. The second-order valence-corrected chi connectivity index (χ2v) is 7.86. The summed E-state index contributed by atoms with van der Waals surface area (Å²) < 4.78 is 0.238. The average molecular weight is 490 g/mol. The zero-order valence-electron chi connectivity index (χ0n) is 15.7. The molecule has 5 nitrogen and oxygen atoms in total. The zero-order chi connectivity index (χ0) is 18.0. The molecular weight excluding hydrogens is 459 g/mol. The molecule has 146 valence electrons.